The summed E-state index contributed by atoms with van der Waals surface area (Å²) in [4.78, 5) is 46.6. The minimum atomic E-state index is -0.524. The third-order valence-corrected chi connectivity index (χ3v) is 7.07. The maximum atomic E-state index is 12.3. The van der Waals surface area contributed by atoms with Gasteiger partial charge in [0.1, 0.15) is 12.2 Å². The van der Waals surface area contributed by atoms with Gasteiger partial charge in [-0.05, 0) is 49.9 Å². The molecule has 2 unspecified atom stereocenters. The fourth-order valence-corrected chi connectivity index (χ4v) is 4.52. The predicted octanol–water partition coefficient (Wildman–Crippen LogP) is 6.75. The van der Waals surface area contributed by atoms with Crippen LogP contribution in [0.25, 0.3) is 0 Å². The Bertz CT molecular complexity index is 1100. The Morgan fingerprint density at radius 3 is 1.48 bits per heavy atom. The van der Waals surface area contributed by atoms with Crippen molar-refractivity contribution in [3.63, 3.8) is 0 Å². The zero-order valence-corrected chi connectivity index (χ0v) is 28.2. The number of carbonyl (C=O) groups excluding carboxylic acids is 4. The van der Waals surface area contributed by atoms with Crippen LogP contribution in [0, 0.1) is 0 Å². The number of esters is 1. The second kappa shape index (κ2) is 27.8. The number of anilines is 2. The lowest BCUT2D eigenvalue weighted by atomic mass is 10.1. The Morgan fingerprint density at radius 2 is 1.08 bits per heavy atom. The fourth-order valence-electron chi connectivity index (χ4n) is 4.52. The lowest BCUT2D eigenvalue weighted by Gasteiger charge is -2.17. The summed E-state index contributed by atoms with van der Waals surface area (Å²) < 4.78 is 15.7. The zero-order chi connectivity index (χ0) is 35.2. The van der Waals surface area contributed by atoms with Crippen molar-refractivity contribution in [3.05, 3.63) is 86.0 Å². The number of hydrogen-bond donors (Lipinski definition) is 4. The van der Waals surface area contributed by atoms with Crippen LogP contribution in [-0.2, 0) is 33.4 Å². The number of carbonyl (C=O) groups is 4. The van der Waals surface area contributed by atoms with E-state index in [-0.39, 0.29) is 23.7 Å². The molecule has 3 amide bonds. The summed E-state index contributed by atoms with van der Waals surface area (Å²) in [7, 11) is 1.40. The van der Waals surface area contributed by atoms with E-state index in [1.165, 1.54) is 7.11 Å². The highest BCUT2D eigenvalue weighted by Crippen LogP contribution is 2.15. The van der Waals surface area contributed by atoms with Gasteiger partial charge in [0.25, 0.3) is 11.8 Å². The molecular weight excluding hydrogens is 614 g/mol. The summed E-state index contributed by atoms with van der Waals surface area (Å²) in [5, 5.41) is 14.1. The molecule has 0 bridgehead atoms. The molecule has 0 saturated heterocycles. The van der Waals surface area contributed by atoms with Crippen molar-refractivity contribution in [1.82, 2.24) is 5.48 Å². The molecule has 2 aromatic rings. The van der Waals surface area contributed by atoms with Crippen LogP contribution in [0.15, 0.2) is 86.0 Å². The van der Waals surface area contributed by atoms with Gasteiger partial charge in [-0.1, -0.05) is 87.1 Å². The number of para-hydroxylation sites is 2. The molecule has 0 fully saturated rings. The molecule has 0 aromatic heterocycles. The summed E-state index contributed by atoms with van der Waals surface area (Å²) in [5.41, 5.74) is 3.11. The van der Waals surface area contributed by atoms with Gasteiger partial charge in [0.2, 0.25) is 5.91 Å². The van der Waals surface area contributed by atoms with Crippen molar-refractivity contribution in [2.45, 2.75) is 89.3 Å². The van der Waals surface area contributed by atoms with Gasteiger partial charge in [0, 0.05) is 24.2 Å². The Hall–Kier alpha value is -4.32. The first-order valence-corrected chi connectivity index (χ1v) is 16.5. The second-order valence-corrected chi connectivity index (χ2v) is 10.9. The highest BCUT2D eigenvalue weighted by Gasteiger charge is 2.19. The molecule has 2 atom stereocenters. The molecule has 0 saturated carbocycles. The molecule has 48 heavy (non-hydrogen) atoms. The quantitative estimate of drug-likeness (QED) is 0.0315. The summed E-state index contributed by atoms with van der Waals surface area (Å²) in [6, 6.07) is 18.6. The van der Waals surface area contributed by atoms with Crippen molar-refractivity contribution in [2.75, 3.05) is 31.0 Å². The van der Waals surface area contributed by atoms with Gasteiger partial charge in [-0.2, -0.15) is 0 Å². The molecular formula is C37H53N3O8. The van der Waals surface area contributed by atoms with E-state index in [0.29, 0.717) is 45.3 Å². The third kappa shape index (κ3) is 20.7. The van der Waals surface area contributed by atoms with Crippen molar-refractivity contribution >= 4 is 35.1 Å². The van der Waals surface area contributed by atoms with Crippen LogP contribution in [0.3, 0.4) is 0 Å². The Labute approximate surface area is 285 Å². The Kier molecular flexibility index (Phi) is 24.1. The maximum Gasteiger partial charge on any atom is 0.305 e. The molecule has 264 valence electrons. The predicted molar refractivity (Wildman–Crippen MR) is 187 cm³/mol. The van der Waals surface area contributed by atoms with Crippen molar-refractivity contribution < 1.29 is 38.6 Å². The van der Waals surface area contributed by atoms with Gasteiger partial charge in [-0.3, -0.25) is 24.4 Å². The van der Waals surface area contributed by atoms with Gasteiger partial charge in [-0.15, -0.1) is 13.2 Å². The van der Waals surface area contributed by atoms with E-state index >= 15 is 0 Å². The summed E-state index contributed by atoms with van der Waals surface area (Å²) in [6.45, 7) is 7.89. The topological polar surface area (TPSA) is 152 Å². The molecule has 0 aliphatic carbocycles. The van der Waals surface area contributed by atoms with Gasteiger partial charge in [0.15, 0.2) is 0 Å². The van der Waals surface area contributed by atoms with Crippen molar-refractivity contribution in [1.29, 1.82) is 0 Å². The van der Waals surface area contributed by atoms with E-state index < -0.39 is 12.2 Å². The van der Waals surface area contributed by atoms with Crippen LogP contribution >= 0.6 is 0 Å². The smallest absolute Gasteiger partial charge is 0.305 e. The summed E-state index contributed by atoms with van der Waals surface area (Å²) >= 11 is 0. The van der Waals surface area contributed by atoms with E-state index in [1.54, 1.807) is 17.6 Å². The number of rotatable bonds is 24. The van der Waals surface area contributed by atoms with E-state index in [4.69, 9.17) is 14.7 Å². The van der Waals surface area contributed by atoms with Gasteiger partial charge >= 0.3 is 5.97 Å². The minimum absolute atomic E-state index is 0.141. The number of benzene rings is 2. The molecule has 4 N–H and O–H groups in total. The molecule has 0 radical (unpaired) electrons. The zero-order valence-electron chi connectivity index (χ0n) is 28.2. The molecule has 11 nitrogen and oxygen atoms in total. The fraction of sp³-hybridized carbons (Fsp3) is 0.459. The lowest BCUT2D eigenvalue weighted by molar-refractivity contribution is -0.140. The van der Waals surface area contributed by atoms with E-state index in [2.05, 4.69) is 28.5 Å². The SMILES string of the molecule is C=CCOC(CCCCCCC(=O)NO)C(=O)Nc1ccccc1.C=CCOC(CCCCCCC(=O)OC)C(=O)Nc1ccccc1. The largest absolute Gasteiger partial charge is 0.469 e. The van der Waals surface area contributed by atoms with Crippen molar-refractivity contribution in [2.24, 2.45) is 0 Å². The summed E-state index contributed by atoms with van der Waals surface area (Å²) in [5.74, 6) is -0.853. The number of hydroxylamine groups is 1. The number of ether oxygens (including phenoxy) is 3. The van der Waals surface area contributed by atoms with Crippen LogP contribution < -0.4 is 16.1 Å². The molecule has 0 spiro atoms. The second-order valence-electron chi connectivity index (χ2n) is 10.9. The van der Waals surface area contributed by atoms with Crippen molar-refractivity contribution in [3.8, 4) is 0 Å². The monoisotopic (exact) mass is 667 g/mol. The first-order valence-electron chi connectivity index (χ1n) is 16.5. The van der Waals surface area contributed by atoms with E-state index in [9.17, 15) is 19.2 Å². The number of methoxy groups -OCH3 is 1. The van der Waals surface area contributed by atoms with Gasteiger partial charge in [0.05, 0.1) is 20.3 Å². The third-order valence-electron chi connectivity index (χ3n) is 7.07. The number of hydrogen-bond acceptors (Lipinski definition) is 8. The van der Waals surface area contributed by atoms with E-state index in [1.807, 2.05) is 60.7 Å². The molecule has 0 heterocycles. The van der Waals surface area contributed by atoms with Crippen LogP contribution in [0.5, 0.6) is 0 Å². The lowest BCUT2D eigenvalue weighted by Crippen LogP contribution is -2.30. The number of amides is 3. The standard InChI is InChI=1S/C19H27NO4.C18H26N2O4/c1-3-15-24-17(13-9-4-5-10-14-18(21)23-2)19(22)20-16-11-7-6-8-12-16;1-2-14-24-16(12-8-3-4-9-13-17(21)20-23)18(22)19-15-10-6-5-7-11-15/h3,6-8,11-12,17H,1,4-5,9-10,13-15H2,2H3,(H,20,22);2,5-7,10-11,16,23H,1,3-4,8-9,12-14H2,(H,19,22)(H,20,21). The molecule has 0 aliphatic rings. The number of nitrogens with one attached hydrogen (secondary N) is 3. The average molecular weight is 668 g/mol. The summed E-state index contributed by atoms with van der Waals surface area (Å²) in [6.07, 6.45) is 11.1. The average Bonchev–Trinajstić information content (AvgIpc) is 3.11. The normalized spacial score (nSPS) is 11.5. The molecule has 2 rings (SSSR count). The minimum Gasteiger partial charge on any atom is -0.469 e. The number of unbranched alkanes of at least 4 members (excludes halogenated alkanes) is 6. The van der Waals surface area contributed by atoms with Crippen LogP contribution in [0.2, 0.25) is 0 Å². The van der Waals surface area contributed by atoms with Crippen LogP contribution in [-0.4, -0.2) is 61.4 Å². The Morgan fingerprint density at radius 1 is 0.667 bits per heavy atom. The first-order chi connectivity index (χ1) is 23.3. The molecule has 0 aliphatic heterocycles. The highest BCUT2D eigenvalue weighted by molar-refractivity contribution is 5.94. The highest BCUT2D eigenvalue weighted by atomic mass is 16.5. The molecule has 2 aromatic carbocycles. The molecule has 11 heteroatoms. The van der Waals surface area contributed by atoms with Gasteiger partial charge in [-0.25, -0.2) is 5.48 Å². The first kappa shape index (κ1) is 41.7. The van der Waals surface area contributed by atoms with Crippen LogP contribution in [0.1, 0.15) is 77.0 Å². The van der Waals surface area contributed by atoms with Crippen LogP contribution in [0.4, 0.5) is 11.4 Å². The van der Waals surface area contributed by atoms with Gasteiger partial charge < -0.3 is 24.8 Å². The maximum absolute atomic E-state index is 12.3. The van der Waals surface area contributed by atoms with E-state index in [0.717, 1.165) is 56.3 Å². The Balaban J connectivity index is 0.000000480.